The largest absolute Gasteiger partial charge is 0.466 e. The van der Waals surface area contributed by atoms with Crippen LogP contribution in [0.5, 0.6) is 0 Å². The first-order valence-corrected chi connectivity index (χ1v) is 14.6. The minimum absolute atomic E-state index is 0. The van der Waals surface area contributed by atoms with Crippen molar-refractivity contribution in [1.82, 2.24) is 0 Å². The molecule has 46 heavy (non-hydrogen) atoms. The van der Waals surface area contributed by atoms with Crippen LogP contribution in [0.1, 0.15) is 53.9 Å². The lowest BCUT2D eigenvalue weighted by Crippen LogP contribution is -2.42. The Balaban J connectivity index is 0.000000580. The molecule has 4 aliphatic carbocycles. The molecule has 262 valence electrons. The van der Waals surface area contributed by atoms with Gasteiger partial charge in [-0.25, -0.2) is 14.4 Å². The van der Waals surface area contributed by atoms with E-state index in [0.717, 1.165) is 26.1 Å². The van der Waals surface area contributed by atoms with Crippen molar-refractivity contribution in [2.45, 2.75) is 66.1 Å². The maximum absolute atomic E-state index is 11.3. The molecule has 3 N–H and O–H groups in total. The number of carbonyl (C=O) groups is 5. The van der Waals surface area contributed by atoms with Crippen LogP contribution in [0.2, 0.25) is 0 Å². The van der Waals surface area contributed by atoms with E-state index in [9.17, 15) is 34.2 Å². The lowest BCUT2D eigenvalue weighted by Gasteiger charge is -2.29. The van der Waals surface area contributed by atoms with Gasteiger partial charge in [-0.3, -0.25) is 14.3 Å². The number of fused-ring (bicyclic) bond motifs is 10. The van der Waals surface area contributed by atoms with Crippen LogP contribution in [0.4, 0.5) is 4.70 Å². The highest BCUT2D eigenvalue weighted by Crippen LogP contribution is 2.56. The zero-order valence-electron chi connectivity index (χ0n) is 26.6. The molecule has 4 saturated carbocycles. The minimum Gasteiger partial charge on any atom is -0.466 e. The fourth-order valence-corrected chi connectivity index (χ4v) is 7.05. The number of ether oxygens (including phenoxy) is 4. The van der Waals surface area contributed by atoms with Crippen molar-refractivity contribution in [3.63, 3.8) is 0 Å². The Bertz CT molecular complexity index is 1130. The van der Waals surface area contributed by atoms with Gasteiger partial charge in [0.15, 0.2) is 0 Å². The van der Waals surface area contributed by atoms with E-state index in [4.69, 9.17) is 14.6 Å². The minimum atomic E-state index is -0.711. The molecular formula is C33H51FO12. The van der Waals surface area contributed by atoms with Crippen molar-refractivity contribution in [2.24, 2.45) is 47.3 Å². The van der Waals surface area contributed by atoms with Gasteiger partial charge in [-0.1, -0.05) is 27.2 Å². The number of hydrogen-bond donors (Lipinski definition) is 3. The van der Waals surface area contributed by atoms with Crippen molar-refractivity contribution in [3.8, 4) is 0 Å². The molecule has 6 aliphatic rings. The molecule has 10 unspecified atom stereocenters. The van der Waals surface area contributed by atoms with Gasteiger partial charge < -0.3 is 34.3 Å². The molecule has 4 bridgehead atoms. The Hall–Kier alpha value is -3.42. The van der Waals surface area contributed by atoms with E-state index in [1.807, 2.05) is 0 Å². The van der Waals surface area contributed by atoms with Crippen LogP contribution in [0.15, 0.2) is 36.5 Å². The second-order valence-corrected chi connectivity index (χ2v) is 12.0. The fraction of sp³-hybridized carbons (Fsp3) is 0.667. The predicted molar refractivity (Wildman–Crippen MR) is 165 cm³/mol. The van der Waals surface area contributed by atoms with Crippen molar-refractivity contribution in [3.05, 3.63) is 36.5 Å². The third kappa shape index (κ3) is 9.55. The number of methoxy groups -OCH3 is 1. The highest BCUT2D eigenvalue weighted by atomic mass is 19.0. The van der Waals surface area contributed by atoms with Gasteiger partial charge in [0, 0.05) is 41.6 Å². The SMILES string of the molecule is C.C=C(C)C(=O)OC.C=C(C)C(=O)OC(=O)C(=C)C.CO.F.O=C1OCC2C3CC(C(O)C3O)C12.O=C1OCC2C3CCC(C3)C12. The summed E-state index contributed by atoms with van der Waals surface area (Å²) in [6, 6.07) is 0. The predicted octanol–water partition coefficient (Wildman–Crippen LogP) is 2.69. The Morgan fingerprint density at radius 1 is 0.696 bits per heavy atom. The van der Waals surface area contributed by atoms with Gasteiger partial charge in [-0.05, 0) is 64.2 Å². The summed E-state index contributed by atoms with van der Waals surface area (Å²) >= 11 is 0. The van der Waals surface area contributed by atoms with Crippen molar-refractivity contribution >= 4 is 29.8 Å². The molecule has 0 spiro atoms. The number of aliphatic hydroxyl groups excluding tert-OH is 3. The first-order chi connectivity index (χ1) is 20.7. The molecule has 0 aromatic heterocycles. The summed E-state index contributed by atoms with van der Waals surface area (Å²) in [5.74, 6) is 0.656. The molecule has 2 saturated heterocycles. The molecule has 10 atom stereocenters. The molecular weight excluding hydrogens is 607 g/mol. The standard InChI is InChI=1S/C9H12O4.C9H12O2.C8H10O3.C5H8O2.CH4O.CH4.FH/c10-7-3-1-4(8(7)11)6-5(3)2-13-9(6)12;10-9-8-6-2-1-5(3-6)7(8)4-11-9;1-5(2)7(9)11-8(10)6(3)4;1-4(2)5(6)7-3;1-2;;/h3-8,10-11H,1-2H2;5-8H,1-4H2;1,3H2,2,4H3;1H2,2-3H3;2H,1H3;1H4;1H. The maximum atomic E-state index is 11.3. The molecule has 0 radical (unpaired) electrons. The molecule has 2 heterocycles. The highest BCUT2D eigenvalue weighted by Gasteiger charge is 2.62. The lowest BCUT2D eigenvalue weighted by molar-refractivity contribution is -0.154. The number of hydrogen-bond acceptors (Lipinski definition) is 12. The quantitative estimate of drug-likeness (QED) is 0.175. The summed E-state index contributed by atoms with van der Waals surface area (Å²) < 4.78 is 18.6. The summed E-state index contributed by atoms with van der Waals surface area (Å²) in [4.78, 5) is 54.0. The average Bonchev–Trinajstić information content (AvgIpc) is 3.84. The van der Waals surface area contributed by atoms with E-state index in [1.165, 1.54) is 40.2 Å². The smallest absolute Gasteiger partial charge is 0.340 e. The Morgan fingerprint density at radius 2 is 1.13 bits per heavy atom. The number of carbonyl (C=O) groups excluding carboxylic acids is 5. The average molecular weight is 659 g/mol. The van der Waals surface area contributed by atoms with E-state index < -0.39 is 24.1 Å². The van der Waals surface area contributed by atoms with Crippen LogP contribution in [-0.4, -0.2) is 84.8 Å². The van der Waals surface area contributed by atoms with Gasteiger partial charge in [-0.15, -0.1) is 0 Å². The summed E-state index contributed by atoms with van der Waals surface area (Å²) in [5, 5.41) is 26.2. The molecule has 6 fully saturated rings. The van der Waals surface area contributed by atoms with E-state index in [0.29, 0.717) is 29.9 Å². The summed E-state index contributed by atoms with van der Waals surface area (Å²) in [5.41, 5.74) is 0.821. The van der Waals surface area contributed by atoms with E-state index >= 15 is 0 Å². The second-order valence-electron chi connectivity index (χ2n) is 12.0. The van der Waals surface area contributed by atoms with Crippen LogP contribution >= 0.6 is 0 Å². The van der Waals surface area contributed by atoms with Crippen molar-refractivity contribution in [2.75, 3.05) is 27.4 Å². The summed E-state index contributed by atoms with van der Waals surface area (Å²) in [7, 11) is 2.33. The molecule has 0 aromatic carbocycles. The second kappa shape index (κ2) is 18.7. The normalized spacial score (nSPS) is 32.4. The third-order valence-corrected chi connectivity index (χ3v) is 9.13. The van der Waals surface area contributed by atoms with Crippen LogP contribution in [0, 0.1) is 47.3 Å². The van der Waals surface area contributed by atoms with Crippen LogP contribution in [-0.2, 0) is 42.9 Å². The topological polar surface area (TPSA) is 183 Å². The van der Waals surface area contributed by atoms with Crippen LogP contribution < -0.4 is 0 Å². The first-order valence-electron chi connectivity index (χ1n) is 14.6. The number of rotatable bonds is 3. The number of cyclic esters (lactones) is 2. The molecule has 0 amide bonds. The van der Waals surface area contributed by atoms with E-state index in [2.05, 4.69) is 29.2 Å². The van der Waals surface area contributed by atoms with Crippen molar-refractivity contribution < 1.29 is 62.9 Å². The monoisotopic (exact) mass is 658 g/mol. The number of halogens is 1. The lowest BCUT2D eigenvalue weighted by atomic mass is 9.78. The van der Waals surface area contributed by atoms with E-state index in [-0.39, 0.29) is 64.9 Å². The zero-order chi connectivity index (χ0) is 33.5. The van der Waals surface area contributed by atoms with Gasteiger partial charge in [0.25, 0.3) is 0 Å². The van der Waals surface area contributed by atoms with Gasteiger partial charge >= 0.3 is 29.8 Å². The number of esters is 5. The molecule has 2 aliphatic heterocycles. The Morgan fingerprint density at radius 3 is 1.57 bits per heavy atom. The Kier molecular flexibility index (Phi) is 17.3. The van der Waals surface area contributed by atoms with Gasteiger partial charge in [-0.2, -0.15) is 0 Å². The maximum Gasteiger partial charge on any atom is 0.340 e. The van der Waals surface area contributed by atoms with Gasteiger partial charge in [0.1, 0.15) is 0 Å². The van der Waals surface area contributed by atoms with Gasteiger partial charge in [0.05, 0.1) is 44.4 Å². The zero-order valence-corrected chi connectivity index (χ0v) is 26.6. The van der Waals surface area contributed by atoms with E-state index in [1.54, 1.807) is 6.92 Å². The van der Waals surface area contributed by atoms with Crippen LogP contribution in [0.3, 0.4) is 0 Å². The Labute approximate surface area is 270 Å². The van der Waals surface area contributed by atoms with Crippen LogP contribution in [0.25, 0.3) is 0 Å². The van der Waals surface area contributed by atoms with Gasteiger partial charge in [0.2, 0.25) is 0 Å². The summed E-state index contributed by atoms with van der Waals surface area (Å²) in [6.45, 7) is 15.7. The first kappa shape index (κ1) is 42.6. The molecule has 12 nitrogen and oxygen atoms in total. The highest BCUT2D eigenvalue weighted by molar-refractivity contribution is 6.00. The fourth-order valence-electron chi connectivity index (χ4n) is 7.05. The van der Waals surface area contributed by atoms with Crippen molar-refractivity contribution in [1.29, 1.82) is 0 Å². The third-order valence-electron chi connectivity index (χ3n) is 9.13. The molecule has 0 aromatic rings. The number of aliphatic hydroxyl groups is 3. The molecule has 13 heteroatoms. The summed E-state index contributed by atoms with van der Waals surface area (Å²) in [6.07, 6.45) is 3.37. The molecule has 6 rings (SSSR count).